The van der Waals surface area contributed by atoms with Crippen LogP contribution < -0.4 is 22.6 Å². The lowest BCUT2D eigenvalue weighted by Crippen LogP contribution is -2.26. The molecule has 0 saturated heterocycles. The van der Waals surface area contributed by atoms with Gasteiger partial charge < -0.3 is 21.8 Å². The fourth-order valence-electron chi connectivity index (χ4n) is 4.53. The van der Waals surface area contributed by atoms with Crippen LogP contribution in [0.25, 0.3) is 0 Å². The Hall–Kier alpha value is -4.15. The van der Waals surface area contributed by atoms with Crippen molar-refractivity contribution >= 4 is 5.71 Å². The summed E-state index contributed by atoms with van der Waals surface area (Å²) in [5, 5.41) is 4.71. The van der Waals surface area contributed by atoms with E-state index in [4.69, 9.17) is 18.0 Å². The molecule has 48 heavy (non-hydrogen) atoms. The molecule has 0 saturated carbocycles. The summed E-state index contributed by atoms with van der Waals surface area (Å²) in [6.45, 7) is 33.1. The number of aliphatic imine (C=N–C) groups is 1. The molecule has 0 amide bonds. The van der Waals surface area contributed by atoms with Gasteiger partial charge in [0.1, 0.15) is 0 Å². The molecule has 0 aliphatic heterocycles. The molecule has 0 fully saturated rings. The summed E-state index contributed by atoms with van der Waals surface area (Å²) < 4.78 is 0. The fraction of sp³-hybridized carbons (Fsp3) is 0.405. The zero-order valence-electron chi connectivity index (χ0n) is 32.1. The molecule has 6 heteroatoms. The second-order valence-corrected chi connectivity index (χ2v) is 11.4. The maximum absolute atomic E-state index is 5.75. The number of hydrogen-bond donors (Lipinski definition) is 4. The molecule has 7 N–H and O–H groups in total. The van der Waals surface area contributed by atoms with Crippen molar-refractivity contribution in [1.29, 1.82) is 0 Å². The van der Waals surface area contributed by atoms with Gasteiger partial charge in [-0.2, -0.15) is 0 Å². The number of hydrogen-bond acceptors (Lipinski definition) is 6. The lowest BCUT2D eigenvalue weighted by atomic mass is 9.82. The molecule has 1 aromatic rings. The van der Waals surface area contributed by atoms with Gasteiger partial charge in [0.15, 0.2) is 0 Å². The highest BCUT2D eigenvalue weighted by Gasteiger charge is 2.16. The largest absolute Gasteiger partial charge is 0.403 e. The smallest absolute Gasteiger partial charge is 0.0677 e. The SMILES string of the molecule is C#C/C=C(C)/N=C(/C=C(/C(=C)C)N(C)N)C(=C)C.C=C(C)N.C=CC1C(=C)C=C1C.CC.CN.CNCc1ccc2c(c1)CCCCC2. The number of allylic oxidation sites excluding steroid dienone is 10. The summed E-state index contributed by atoms with van der Waals surface area (Å²) in [4.78, 5) is 4.41. The number of nitrogens with two attached hydrogens (primary N) is 3. The number of aryl methyl sites for hydroxylation is 2. The Kier molecular flexibility index (Phi) is 29.2. The van der Waals surface area contributed by atoms with Gasteiger partial charge in [-0.15, -0.1) is 13.0 Å². The van der Waals surface area contributed by atoms with Gasteiger partial charge in [0, 0.05) is 31.3 Å². The summed E-state index contributed by atoms with van der Waals surface area (Å²) >= 11 is 0. The fourth-order valence-corrected chi connectivity index (χ4v) is 4.53. The van der Waals surface area contributed by atoms with Gasteiger partial charge in [-0.05, 0) is 120 Å². The summed E-state index contributed by atoms with van der Waals surface area (Å²) in [6, 6.07) is 6.98. The molecular weight excluding hydrogens is 589 g/mol. The summed E-state index contributed by atoms with van der Waals surface area (Å²) in [5.41, 5.74) is 21.2. The molecule has 3 rings (SSSR count). The van der Waals surface area contributed by atoms with E-state index in [9.17, 15) is 0 Å². The molecule has 266 valence electrons. The number of nitrogens with zero attached hydrogens (tertiary/aromatic N) is 2. The molecule has 1 aromatic carbocycles. The minimum absolute atomic E-state index is 0.481. The third-order valence-electron chi connectivity index (χ3n) is 6.70. The summed E-state index contributed by atoms with van der Waals surface area (Å²) in [5.74, 6) is 8.67. The van der Waals surface area contributed by atoms with Crippen LogP contribution in [0.4, 0.5) is 0 Å². The Bertz CT molecular complexity index is 1320. The summed E-state index contributed by atoms with van der Waals surface area (Å²) in [7, 11) is 5.26. The standard InChI is InChI=1S/C15H21N3.C13H19N.C8H10.C3H7N.C2H6.CH5N/c1-8-9-13(6)17-14(11(2)3)10-15(12(4)5)18(7)16;1-14-10-11-7-8-12-5-3-2-4-6-13(12)9-11;1-4-8-6(2)5-7(8)3;1-3(2)4;2*1-2/h1,9-10H,2,4,16H2,3,5-7H3;7-9,14H,2-6,10H2,1H3;4-5,8H,1-2H2,3H3;1,4H2,2H3;1-2H3;2H2,1H3/b13-9+,15-10-,17-14-;;;;;. The Morgan fingerprint density at radius 2 is 1.58 bits per heavy atom. The van der Waals surface area contributed by atoms with Crippen molar-refractivity contribution in [2.45, 2.75) is 87.1 Å². The second kappa shape index (κ2) is 29.0. The van der Waals surface area contributed by atoms with E-state index in [1.165, 1.54) is 60.9 Å². The van der Waals surface area contributed by atoms with E-state index < -0.39 is 0 Å². The first-order valence-electron chi connectivity index (χ1n) is 16.6. The zero-order valence-corrected chi connectivity index (χ0v) is 32.1. The van der Waals surface area contributed by atoms with Gasteiger partial charge in [0.25, 0.3) is 0 Å². The van der Waals surface area contributed by atoms with Gasteiger partial charge >= 0.3 is 0 Å². The molecule has 0 bridgehead atoms. The van der Waals surface area contributed by atoms with E-state index in [1.807, 2.05) is 53.8 Å². The topological polar surface area (TPSA) is 106 Å². The molecule has 0 spiro atoms. The van der Waals surface area contributed by atoms with E-state index >= 15 is 0 Å². The van der Waals surface area contributed by atoms with Crippen molar-refractivity contribution in [2.24, 2.45) is 28.2 Å². The molecule has 2 aliphatic carbocycles. The van der Waals surface area contributed by atoms with E-state index in [0.717, 1.165) is 34.8 Å². The highest BCUT2D eigenvalue weighted by molar-refractivity contribution is 6.08. The number of nitrogens with one attached hydrogen (secondary N) is 1. The van der Waals surface area contributed by atoms with Crippen LogP contribution in [0.15, 0.2) is 120 Å². The van der Waals surface area contributed by atoms with Crippen LogP contribution in [0.3, 0.4) is 0 Å². The number of likely N-dealkylation sites (N-methyl/N-ethyl adjacent to an activating group) is 1. The van der Waals surface area contributed by atoms with E-state index in [-0.39, 0.29) is 0 Å². The predicted octanol–water partition coefficient (Wildman–Crippen LogP) is 8.87. The molecule has 0 radical (unpaired) electrons. The van der Waals surface area contributed by atoms with Crippen LogP contribution in [0, 0.1) is 18.3 Å². The van der Waals surface area contributed by atoms with Crippen LogP contribution in [-0.2, 0) is 19.4 Å². The molecule has 2 aliphatic rings. The zero-order chi connectivity index (χ0) is 37.8. The Balaban J connectivity index is -0.000000594. The maximum Gasteiger partial charge on any atom is 0.0677 e. The van der Waals surface area contributed by atoms with Crippen molar-refractivity contribution < 1.29 is 0 Å². The second-order valence-electron chi connectivity index (χ2n) is 11.4. The minimum Gasteiger partial charge on any atom is -0.403 e. The third kappa shape index (κ3) is 21.6. The van der Waals surface area contributed by atoms with Crippen molar-refractivity contribution in [3.8, 4) is 12.3 Å². The van der Waals surface area contributed by atoms with Crippen molar-refractivity contribution in [1.82, 2.24) is 10.3 Å². The normalized spacial score (nSPS) is 14.7. The predicted molar refractivity (Wildman–Crippen MR) is 217 cm³/mol. The average molecular weight is 657 g/mol. The Morgan fingerprint density at radius 3 is 1.96 bits per heavy atom. The first-order valence-corrected chi connectivity index (χ1v) is 16.6. The number of hydrazine groups is 1. The molecule has 6 nitrogen and oxygen atoms in total. The quantitative estimate of drug-likeness (QED) is 0.0426. The van der Waals surface area contributed by atoms with Crippen molar-refractivity contribution in [2.75, 3.05) is 21.1 Å². The first kappa shape index (κ1) is 48.2. The van der Waals surface area contributed by atoms with Gasteiger partial charge in [-0.3, -0.25) is 4.99 Å². The number of rotatable bonds is 8. The maximum atomic E-state index is 5.75. The van der Waals surface area contributed by atoms with Crippen molar-refractivity contribution in [3.05, 3.63) is 131 Å². The van der Waals surface area contributed by atoms with Crippen LogP contribution >= 0.6 is 0 Å². The third-order valence-corrected chi connectivity index (χ3v) is 6.70. The highest BCUT2D eigenvalue weighted by atomic mass is 15.4. The van der Waals surface area contributed by atoms with Crippen LogP contribution in [0.2, 0.25) is 0 Å². The minimum atomic E-state index is 0.481. The molecule has 0 heterocycles. The van der Waals surface area contributed by atoms with Gasteiger partial charge in [0.05, 0.1) is 11.4 Å². The average Bonchev–Trinajstić information content (AvgIpc) is 3.27. The van der Waals surface area contributed by atoms with Gasteiger partial charge in [-0.1, -0.05) is 88.4 Å². The molecule has 1 unspecified atom stereocenters. The number of terminal acetylenes is 1. The number of fused-ring (bicyclic) bond motifs is 1. The highest BCUT2D eigenvalue weighted by Crippen LogP contribution is 2.31. The van der Waals surface area contributed by atoms with Crippen LogP contribution in [-0.4, -0.2) is 31.9 Å². The lowest BCUT2D eigenvalue weighted by Gasteiger charge is -2.23. The lowest BCUT2D eigenvalue weighted by molar-refractivity contribution is 0.450. The summed E-state index contributed by atoms with van der Waals surface area (Å²) in [6.07, 6.45) is 19.4. The monoisotopic (exact) mass is 657 g/mol. The van der Waals surface area contributed by atoms with E-state index in [2.05, 4.69) is 86.1 Å². The Labute approximate surface area is 295 Å². The van der Waals surface area contributed by atoms with Gasteiger partial charge in [-0.25, -0.2) is 5.84 Å². The molecule has 1 atom stereocenters. The van der Waals surface area contributed by atoms with Gasteiger partial charge in [0.2, 0.25) is 0 Å². The van der Waals surface area contributed by atoms with E-state index in [1.54, 1.807) is 31.2 Å². The molecular formula is C42H68N6. The first-order chi connectivity index (χ1) is 22.7. The van der Waals surface area contributed by atoms with Crippen LogP contribution in [0.5, 0.6) is 0 Å². The number of benzene rings is 1. The Morgan fingerprint density at radius 1 is 1.04 bits per heavy atom. The van der Waals surface area contributed by atoms with E-state index in [0.29, 0.717) is 11.6 Å². The van der Waals surface area contributed by atoms with Crippen molar-refractivity contribution in [3.63, 3.8) is 0 Å². The van der Waals surface area contributed by atoms with Crippen LogP contribution in [0.1, 0.15) is 84.4 Å². The molecule has 0 aromatic heterocycles.